The first-order valence-corrected chi connectivity index (χ1v) is 15.1. The van der Waals surface area contributed by atoms with E-state index in [1.165, 1.54) is 0 Å². The van der Waals surface area contributed by atoms with Gasteiger partial charge in [-0.05, 0) is 49.8 Å². The topological polar surface area (TPSA) is 91.8 Å². The van der Waals surface area contributed by atoms with Crippen molar-refractivity contribution in [1.29, 1.82) is 0 Å². The summed E-state index contributed by atoms with van der Waals surface area (Å²) in [6.07, 6.45) is 7.04. The minimum Gasteiger partial charge on any atom is -0.339 e. The average molecular weight is 485 g/mol. The SMILES string of the molecule is CCCCN(C(=O)CCc1ccc(S(=O)(=O)N2CCCCCC2)cc1)C1CCS(=O)(=O)C1. The van der Waals surface area contributed by atoms with E-state index in [1.807, 2.05) is 0 Å². The number of hydrogen-bond donors (Lipinski definition) is 0. The number of nitrogens with zero attached hydrogens (tertiary/aromatic N) is 2. The van der Waals surface area contributed by atoms with E-state index in [2.05, 4.69) is 6.92 Å². The number of amides is 1. The molecule has 1 aromatic carbocycles. The lowest BCUT2D eigenvalue weighted by atomic mass is 10.1. The molecule has 0 radical (unpaired) electrons. The Morgan fingerprint density at radius 1 is 1.09 bits per heavy atom. The number of sulfonamides is 1. The molecule has 2 heterocycles. The van der Waals surface area contributed by atoms with Gasteiger partial charge in [0.05, 0.1) is 16.4 Å². The Labute approximate surface area is 193 Å². The Bertz CT molecular complexity index is 966. The molecule has 0 aliphatic carbocycles. The van der Waals surface area contributed by atoms with E-state index in [-0.39, 0.29) is 23.5 Å². The lowest BCUT2D eigenvalue weighted by Gasteiger charge is -2.28. The molecule has 32 heavy (non-hydrogen) atoms. The summed E-state index contributed by atoms with van der Waals surface area (Å²) in [4.78, 5) is 15.0. The van der Waals surface area contributed by atoms with Gasteiger partial charge in [-0.3, -0.25) is 4.79 Å². The molecule has 0 saturated carbocycles. The molecule has 3 rings (SSSR count). The first-order chi connectivity index (χ1) is 15.2. The van der Waals surface area contributed by atoms with Crippen molar-refractivity contribution in [3.05, 3.63) is 29.8 Å². The average Bonchev–Trinajstić information content (AvgIpc) is 2.96. The Balaban J connectivity index is 1.61. The summed E-state index contributed by atoms with van der Waals surface area (Å²) in [7, 11) is -6.53. The number of rotatable bonds is 9. The minimum absolute atomic E-state index is 0.0261. The van der Waals surface area contributed by atoms with Crippen molar-refractivity contribution in [2.75, 3.05) is 31.1 Å². The molecule has 2 aliphatic heterocycles. The maximum Gasteiger partial charge on any atom is 0.243 e. The van der Waals surface area contributed by atoms with Crippen LogP contribution < -0.4 is 0 Å². The summed E-state index contributed by atoms with van der Waals surface area (Å²) in [5.41, 5.74) is 0.905. The molecule has 0 aromatic heterocycles. The van der Waals surface area contributed by atoms with E-state index in [9.17, 15) is 21.6 Å². The van der Waals surface area contributed by atoms with Crippen molar-refractivity contribution in [2.45, 2.75) is 75.6 Å². The van der Waals surface area contributed by atoms with Gasteiger partial charge >= 0.3 is 0 Å². The molecule has 2 aliphatic rings. The van der Waals surface area contributed by atoms with Crippen molar-refractivity contribution < 1.29 is 21.6 Å². The fourth-order valence-electron chi connectivity index (χ4n) is 4.51. The van der Waals surface area contributed by atoms with E-state index in [0.717, 1.165) is 44.1 Å². The predicted octanol–water partition coefficient (Wildman–Crippen LogP) is 3.00. The summed E-state index contributed by atoms with van der Waals surface area (Å²) >= 11 is 0. The van der Waals surface area contributed by atoms with Crippen LogP contribution in [0.5, 0.6) is 0 Å². The lowest BCUT2D eigenvalue weighted by molar-refractivity contribution is -0.133. The Kier molecular flexibility index (Phi) is 8.75. The Morgan fingerprint density at radius 2 is 1.75 bits per heavy atom. The standard InChI is InChI=1S/C23H36N2O5S2/c1-2-3-17-25(21-14-18-31(27,28)19-21)23(26)13-10-20-8-11-22(12-9-20)32(29,30)24-15-6-4-5-7-16-24/h8-9,11-12,21H,2-7,10,13-19H2,1H3. The fraction of sp³-hybridized carbons (Fsp3) is 0.696. The van der Waals surface area contributed by atoms with Crippen LogP contribution in [0.1, 0.15) is 63.9 Å². The third kappa shape index (κ3) is 6.54. The number of sulfone groups is 1. The zero-order valence-electron chi connectivity index (χ0n) is 19.0. The Morgan fingerprint density at radius 3 is 2.31 bits per heavy atom. The van der Waals surface area contributed by atoms with Crippen LogP contribution in [0.15, 0.2) is 29.2 Å². The van der Waals surface area contributed by atoms with Gasteiger partial charge in [0.2, 0.25) is 15.9 Å². The monoisotopic (exact) mass is 484 g/mol. The molecule has 2 saturated heterocycles. The van der Waals surface area contributed by atoms with Crippen molar-refractivity contribution in [3.63, 3.8) is 0 Å². The first kappa shape index (κ1) is 25.2. The van der Waals surface area contributed by atoms with E-state index in [4.69, 9.17) is 0 Å². The van der Waals surface area contributed by atoms with Crippen LogP contribution in [-0.4, -0.2) is 69.1 Å². The molecule has 0 bridgehead atoms. The van der Waals surface area contributed by atoms with Gasteiger partial charge in [-0.15, -0.1) is 0 Å². The quantitative estimate of drug-likeness (QED) is 0.537. The van der Waals surface area contributed by atoms with Crippen LogP contribution in [0.4, 0.5) is 0 Å². The zero-order valence-corrected chi connectivity index (χ0v) is 20.7. The fourth-order valence-corrected chi connectivity index (χ4v) is 7.76. The molecular formula is C23H36N2O5S2. The van der Waals surface area contributed by atoms with E-state index in [1.54, 1.807) is 33.5 Å². The van der Waals surface area contributed by atoms with Gasteiger partial charge in [0.15, 0.2) is 9.84 Å². The number of unbranched alkanes of at least 4 members (excludes halogenated alkanes) is 1. The summed E-state index contributed by atoms with van der Waals surface area (Å²) < 4.78 is 51.2. The second-order valence-corrected chi connectivity index (χ2v) is 13.1. The first-order valence-electron chi connectivity index (χ1n) is 11.8. The highest BCUT2D eigenvalue weighted by Gasteiger charge is 2.34. The number of hydrogen-bond acceptors (Lipinski definition) is 5. The molecule has 2 fully saturated rings. The van der Waals surface area contributed by atoms with Crippen LogP contribution in [0.3, 0.4) is 0 Å². The summed E-state index contributed by atoms with van der Waals surface area (Å²) in [5.74, 6) is 0.188. The molecule has 1 aromatic rings. The molecule has 0 N–H and O–H groups in total. The third-order valence-corrected chi connectivity index (χ3v) is 10.1. The largest absolute Gasteiger partial charge is 0.339 e. The normalized spacial score (nSPS) is 21.8. The summed E-state index contributed by atoms with van der Waals surface area (Å²) in [6, 6.07) is 6.62. The van der Waals surface area contributed by atoms with Crippen molar-refractivity contribution in [1.82, 2.24) is 9.21 Å². The molecule has 1 unspecified atom stereocenters. The number of aryl methyl sites for hydroxylation is 1. The lowest BCUT2D eigenvalue weighted by Crippen LogP contribution is -2.41. The molecule has 0 spiro atoms. The van der Waals surface area contributed by atoms with E-state index in [0.29, 0.717) is 43.8 Å². The van der Waals surface area contributed by atoms with Crippen molar-refractivity contribution in [3.8, 4) is 0 Å². The highest BCUT2D eigenvalue weighted by Crippen LogP contribution is 2.22. The highest BCUT2D eigenvalue weighted by molar-refractivity contribution is 7.91. The minimum atomic E-state index is -3.48. The van der Waals surface area contributed by atoms with Gasteiger partial charge in [0.1, 0.15) is 0 Å². The van der Waals surface area contributed by atoms with Crippen LogP contribution in [-0.2, 0) is 31.1 Å². The van der Waals surface area contributed by atoms with Gasteiger partial charge in [0, 0.05) is 32.1 Å². The second kappa shape index (κ2) is 11.1. The number of carbonyl (C=O) groups is 1. The van der Waals surface area contributed by atoms with Crippen LogP contribution >= 0.6 is 0 Å². The van der Waals surface area contributed by atoms with Gasteiger partial charge < -0.3 is 4.90 Å². The van der Waals surface area contributed by atoms with Gasteiger partial charge in [0.25, 0.3) is 0 Å². The third-order valence-electron chi connectivity index (χ3n) is 6.48. The van der Waals surface area contributed by atoms with Gasteiger partial charge in [-0.1, -0.05) is 38.3 Å². The molecule has 9 heteroatoms. The molecule has 1 amide bonds. The maximum absolute atomic E-state index is 12.9. The highest BCUT2D eigenvalue weighted by atomic mass is 32.2. The second-order valence-electron chi connectivity index (χ2n) is 8.96. The van der Waals surface area contributed by atoms with Gasteiger partial charge in [-0.2, -0.15) is 4.31 Å². The molecule has 180 valence electrons. The molecular weight excluding hydrogens is 448 g/mol. The van der Waals surface area contributed by atoms with Crippen LogP contribution in [0, 0.1) is 0 Å². The van der Waals surface area contributed by atoms with Crippen LogP contribution in [0.2, 0.25) is 0 Å². The van der Waals surface area contributed by atoms with Crippen molar-refractivity contribution in [2.24, 2.45) is 0 Å². The predicted molar refractivity (Wildman–Crippen MR) is 126 cm³/mol. The van der Waals surface area contributed by atoms with E-state index < -0.39 is 19.9 Å². The summed E-state index contributed by atoms with van der Waals surface area (Å²) in [5, 5.41) is 0. The maximum atomic E-state index is 12.9. The van der Waals surface area contributed by atoms with Gasteiger partial charge in [-0.25, -0.2) is 16.8 Å². The van der Waals surface area contributed by atoms with E-state index >= 15 is 0 Å². The summed E-state index contributed by atoms with van der Waals surface area (Å²) in [6.45, 7) is 3.78. The zero-order chi connectivity index (χ0) is 23.2. The molecule has 7 nitrogen and oxygen atoms in total. The number of benzene rings is 1. The Hall–Kier alpha value is -1.45. The van der Waals surface area contributed by atoms with Crippen molar-refractivity contribution >= 4 is 25.8 Å². The smallest absolute Gasteiger partial charge is 0.243 e. The molecule has 1 atom stereocenters. The number of carbonyl (C=O) groups excluding carboxylic acids is 1. The van der Waals surface area contributed by atoms with Crippen LogP contribution in [0.25, 0.3) is 0 Å².